The summed E-state index contributed by atoms with van der Waals surface area (Å²) in [6.45, 7) is 11.4. The van der Waals surface area contributed by atoms with Crippen LogP contribution < -0.4 is 5.32 Å². The second kappa shape index (κ2) is 14.5. The Labute approximate surface area is 208 Å². The molecule has 0 radical (unpaired) electrons. The van der Waals surface area contributed by atoms with Crippen LogP contribution in [0.4, 0.5) is 0 Å². The predicted octanol–water partition coefficient (Wildman–Crippen LogP) is 2.87. The van der Waals surface area contributed by atoms with Gasteiger partial charge in [-0.3, -0.25) is 14.6 Å². The van der Waals surface area contributed by atoms with Crippen LogP contribution in [0, 0.1) is 0 Å². The van der Waals surface area contributed by atoms with Crippen molar-refractivity contribution < 1.29 is 9.59 Å². The molecule has 2 amide bonds. The Morgan fingerprint density at radius 2 is 1.74 bits per heavy atom. The molecule has 31 heavy (non-hydrogen) atoms. The van der Waals surface area contributed by atoms with Gasteiger partial charge in [0.05, 0.1) is 13.0 Å². The SMILES string of the molecule is CCNC(=NCCC(=O)N(CC)CC)N1CCN(C(=O)Cc2cccc(Cl)c2)CC1.I. The van der Waals surface area contributed by atoms with E-state index in [1.807, 2.05) is 54.8 Å². The minimum absolute atomic E-state index is 0. The number of carbonyl (C=O) groups is 2. The second-order valence-electron chi connectivity index (χ2n) is 7.23. The Kier molecular flexibility index (Phi) is 12.9. The molecular weight excluding hydrogens is 529 g/mol. The fraction of sp³-hybridized carbons (Fsp3) is 0.591. The van der Waals surface area contributed by atoms with Gasteiger partial charge in [-0.25, -0.2) is 0 Å². The van der Waals surface area contributed by atoms with Crippen molar-refractivity contribution in [3.8, 4) is 0 Å². The topological polar surface area (TPSA) is 68.2 Å². The summed E-state index contributed by atoms with van der Waals surface area (Å²) in [5.41, 5.74) is 0.933. The standard InChI is InChI=1S/C22H34ClN5O2.HI/c1-4-24-22(25-11-10-20(29)26(5-2)6-3)28-14-12-27(13-15-28)21(30)17-18-8-7-9-19(23)16-18;/h7-9,16H,4-6,10-15,17H2,1-3H3,(H,24,25);1H. The summed E-state index contributed by atoms with van der Waals surface area (Å²) in [6, 6.07) is 7.44. The van der Waals surface area contributed by atoms with Crippen molar-refractivity contribution in [2.24, 2.45) is 4.99 Å². The highest BCUT2D eigenvalue weighted by Crippen LogP contribution is 2.13. The van der Waals surface area contributed by atoms with Crippen molar-refractivity contribution in [3.63, 3.8) is 0 Å². The fourth-order valence-electron chi connectivity index (χ4n) is 3.52. The molecule has 1 heterocycles. The molecule has 1 N–H and O–H groups in total. The largest absolute Gasteiger partial charge is 0.357 e. The van der Waals surface area contributed by atoms with Gasteiger partial charge in [0, 0.05) is 57.3 Å². The van der Waals surface area contributed by atoms with Gasteiger partial charge in [0.2, 0.25) is 11.8 Å². The Morgan fingerprint density at radius 1 is 1.10 bits per heavy atom. The molecule has 174 valence electrons. The van der Waals surface area contributed by atoms with Gasteiger partial charge in [-0.05, 0) is 38.5 Å². The molecule has 1 aromatic carbocycles. The summed E-state index contributed by atoms with van der Waals surface area (Å²) in [5, 5.41) is 3.96. The third-order valence-corrected chi connectivity index (χ3v) is 5.45. The van der Waals surface area contributed by atoms with Crippen molar-refractivity contribution in [3.05, 3.63) is 34.9 Å². The number of guanidine groups is 1. The van der Waals surface area contributed by atoms with Crippen LogP contribution in [-0.4, -0.2) is 84.8 Å². The number of hydrogen-bond donors (Lipinski definition) is 1. The van der Waals surface area contributed by atoms with Crippen molar-refractivity contribution >= 4 is 53.4 Å². The van der Waals surface area contributed by atoms with Crippen LogP contribution in [0.3, 0.4) is 0 Å². The number of rotatable bonds is 8. The van der Waals surface area contributed by atoms with E-state index in [1.54, 1.807) is 0 Å². The lowest BCUT2D eigenvalue weighted by atomic mass is 10.1. The Hall–Kier alpha value is -1.55. The molecule has 9 heteroatoms. The normalized spacial score (nSPS) is 14.1. The van der Waals surface area contributed by atoms with Crippen molar-refractivity contribution in [1.29, 1.82) is 0 Å². The van der Waals surface area contributed by atoms with E-state index in [0.29, 0.717) is 37.5 Å². The Balaban J connectivity index is 0.00000480. The lowest BCUT2D eigenvalue weighted by Crippen LogP contribution is -2.54. The summed E-state index contributed by atoms with van der Waals surface area (Å²) in [5.74, 6) is 1.06. The Morgan fingerprint density at radius 3 is 2.32 bits per heavy atom. The van der Waals surface area contributed by atoms with Gasteiger partial charge in [0.1, 0.15) is 0 Å². The highest BCUT2D eigenvalue weighted by atomic mass is 127. The first-order valence-corrected chi connectivity index (χ1v) is 11.2. The number of benzene rings is 1. The second-order valence-corrected chi connectivity index (χ2v) is 7.66. The maximum Gasteiger partial charge on any atom is 0.227 e. The molecule has 0 saturated carbocycles. The van der Waals surface area contributed by atoms with E-state index in [0.717, 1.165) is 44.2 Å². The number of nitrogens with one attached hydrogen (secondary N) is 1. The summed E-state index contributed by atoms with van der Waals surface area (Å²) in [6.07, 6.45) is 0.775. The zero-order valence-electron chi connectivity index (χ0n) is 18.8. The molecule has 1 aliphatic rings. The summed E-state index contributed by atoms with van der Waals surface area (Å²) in [4.78, 5) is 35.3. The molecule has 0 aromatic heterocycles. The number of hydrogen-bond acceptors (Lipinski definition) is 3. The van der Waals surface area contributed by atoms with Crippen LogP contribution in [-0.2, 0) is 16.0 Å². The number of piperazine rings is 1. The third kappa shape index (κ3) is 8.84. The highest BCUT2D eigenvalue weighted by Gasteiger charge is 2.23. The highest BCUT2D eigenvalue weighted by molar-refractivity contribution is 14.0. The first kappa shape index (κ1) is 27.5. The van der Waals surface area contributed by atoms with Gasteiger partial charge in [-0.1, -0.05) is 23.7 Å². The van der Waals surface area contributed by atoms with Gasteiger partial charge in [-0.2, -0.15) is 0 Å². The molecule has 1 saturated heterocycles. The Bertz CT molecular complexity index is 734. The van der Waals surface area contributed by atoms with Crippen molar-refractivity contribution in [1.82, 2.24) is 20.0 Å². The number of nitrogens with zero attached hydrogens (tertiary/aromatic N) is 4. The van der Waals surface area contributed by atoms with E-state index >= 15 is 0 Å². The molecule has 1 aromatic rings. The molecule has 0 atom stereocenters. The average Bonchev–Trinajstić information content (AvgIpc) is 2.74. The zero-order valence-corrected chi connectivity index (χ0v) is 21.9. The van der Waals surface area contributed by atoms with Crippen LogP contribution in [0.15, 0.2) is 29.3 Å². The lowest BCUT2D eigenvalue weighted by Gasteiger charge is -2.36. The maximum absolute atomic E-state index is 12.6. The smallest absolute Gasteiger partial charge is 0.227 e. The van der Waals surface area contributed by atoms with E-state index in [4.69, 9.17) is 11.6 Å². The number of halogens is 2. The van der Waals surface area contributed by atoms with Gasteiger partial charge in [0.25, 0.3) is 0 Å². The van der Waals surface area contributed by atoms with E-state index in [1.165, 1.54) is 0 Å². The van der Waals surface area contributed by atoms with Crippen LogP contribution in [0.25, 0.3) is 0 Å². The summed E-state index contributed by atoms with van der Waals surface area (Å²) in [7, 11) is 0. The van der Waals surface area contributed by atoms with Gasteiger partial charge >= 0.3 is 0 Å². The monoisotopic (exact) mass is 563 g/mol. The number of carbonyl (C=O) groups excluding carboxylic acids is 2. The van der Waals surface area contributed by atoms with Gasteiger partial charge < -0.3 is 20.0 Å². The summed E-state index contributed by atoms with van der Waals surface area (Å²) >= 11 is 6.02. The quantitative estimate of drug-likeness (QED) is 0.300. The lowest BCUT2D eigenvalue weighted by molar-refractivity contribution is -0.132. The van der Waals surface area contributed by atoms with Crippen LogP contribution >= 0.6 is 35.6 Å². The molecule has 0 unspecified atom stereocenters. The summed E-state index contributed by atoms with van der Waals surface area (Å²) < 4.78 is 0. The van der Waals surface area contributed by atoms with E-state index in [9.17, 15) is 9.59 Å². The zero-order chi connectivity index (χ0) is 21.9. The van der Waals surface area contributed by atoms with E-state index in [2.05, 4.69) is 15.2 Å². The van der Waals surface area contributed by atoms with Crippen LogP contribution in [0.5, 0.6) is 0 Å². The van der Waals surface area contributed by atoms with Crippen molar-refractivity contribution in [2.75, 3.05) is 52.4 Å². The molecule has 0 bridgehead atoms. The molecular formula is C22H35ClIN5O2. The maximum atomic E-state index is 12.6. The van der Waals surface area contributed by atoms with Gasteiger partial charge in [-0.15, -0.1) is 24.0 Å². The third-order valence-electron chi connectivity index (χ3n) is 5.21. The molecule has 2 rings (SSSR count). The molecule has 0 aliphatic carbocycles. The van der Waals surface area contributed by atoms with E-state index < -0.39 is 0 Å². The fourth-order valence-corrected chi connectivity index (χ4v) is 3.73. The molecule has 1 aliphatic heterocycles. The van der Waals surface area contributed by atoms with Crippen LogP contribution in [0.2, 0.25) is 5.02 Å². The van der Waals surface area contributed by atoms with Crippen molar-refractivity contribution in [2.45, 2.75) is 33.6 Å². The minimum Gasteiger partial charge on any atom is -0.357 e. The van der Waals surface area contributed by atoms with Crippen LogP contribution in [0.1, 0.15) is 32.8 Å². The molecule has 1 fully saturated rings. The van der Waals surface area contributed by atoms with E-state index in [-0.39, 0.29) is 35.8 Å². The molecule has 0 spiro atoms. The average molecular weight is 564 g/mol. The number of amides is 2. The predicted molar refractivity (Wildman–Crippen MR) is 137 cm³/mol. The first-order chi connectivity index (χ1) is 14.5. The minimum atomic E-state index is 0. The first-order valence-electron chi connectivity index (χ1n) is 10.8. The number of aliphatic imine (C=N–C) groups is 1. The van der Waals surface area contributed by atoms with Gasteiger partial charge in [0.15, 0.2) is 5.96 Å². The molecule has 7 nitrogen and oxygen atoms in total.